The van der Waals surface area contributed by atoms with E-state index in [1.54, 1.807) is 6.20 Å². The van der Waals surface area contributed by atoms with E-state index in [-0.39, 0.29) is 11.6 Å². The Morgan fingerprint density at radius 1 is 1.16 bits per heavy atom. The monoisotopic (exact) mass is 335 g/mol. The van der Waals surface area contributed by atoms with Crippen LogP contribution in [0.5, 0.6) is 0 Å². The molecule has 0 radical (unpaired) electrons. The molecule has 1 saturated heterocycles. The minimum absolute atomic E-state index is 0.175. The molecule has 2 aromatic heterocycles. The minimum atomic E-state index is -0.175. The molecule has 4 rings (SSSR count). The molecule has 1 N–H and O–H groups in total. The van der Waals surface area contributed by atoms with Crippen LogP contribution in [0.2, 0.25) is 0 Å². The number of nitrogens with one attached hydrogen (secondary N) is 1. The Hall–Kier alpha value is -2.73. The normalized spacial score (nSPS) is 18.3. The van der Waals surface area contributed by atoms with Crippen molar-refractivity contribution in [3.63, 3.8) is 0 Å². The van der Waals surface area contributed by atoms with Crippen LogP contribution in [-0.2, 0) is 6.54 Å². The van der Waals surface area contributed by atoms with Gasteiger partial charge in [-0.05, 0) is 43.1 Å². The number of benzene rings is 1. The summed E-state index contributed by atoms with van der Waals surface area (Å²) in [5.74, 6) is 1.04. The van der Waals surface area contributed by atoms with Gasteiger partial charge >= 0.3 is 5.69 Å². The first-order chi connectivity index (χ1) is 12.3. The van der Waals surface area contributed by atoms with E-state index >= 15 is 0 Å². The fourth-order valence-electron chi connectivity index (χ4n) is 3.44. The Bertz CT molecular complexity index is 872. The van der Waals surface area contributed by atoms with Gasteiger partial charge in [0.25, 0.3) is 0 Å². The van der Waals surface area contributed by atoms with Crippen molar-refractivity contribution in [2.75, 3.05) is 13.1 Å². The first-order valence-electron chi connectivity index (χ1n) is 8.65. The van der Waals surface area contributed by atoms with Crippen LogP contribution in [0.15, 0.2) is 59.7 Å². The van der Waals surface area contributed by atoms with Gasteiger partial charge in [0.2, 0.25) is 0 Å². The van der Waals surface area contributed by atoms with Crippen LogP contribution in [-0.4, -0.2) is 37.7 Å². The number of piperidine rings is 1. The van der Waals surface area contributed by atoms with Crippen molar-refractivity contribution in [1.82, 2.24) is 24.6 Å². The van der Waals surface area contributed by atoms with Crippen LogP contribution < -0.4 is 5.69 Å². The maximum Gasteiger partial charge on any atom is 0.348 e. The number of aromatic amines is 1. The number of para-hydroxylation sites is 1. The smallest absolute Gasteiger partial charge is 0.298 e. The van der Waals surface area contributed by atoms with Gasteiger partial charge in [0.1, 0.15) is 5.82 Å². The topological polar surface area (TPSA) is 66.8 Å². The van der Waals surface area contributed by atoms with Crippen molar-refractivity contribution in [1.29, 1.82) is 0 Å². The van der Waals surface area contributed by atoms with Gasteiger partial charge in [0.15, 0.2) is 0 Å². The van der Waals surface area contributed by atoms with Gasteiger partial charge in [0.05, 0.1) is 5.69 Å². The maximum absolute atomic E-state index is 12.3. The summed E-state index contributed by atoms with van der Waals surface area (Å²) in [5, 5.41) is 4.55. The van der Waals surface area contributed by atoms with Crippen LogP contribution in [0.3, 0.4) is 0 Å². The summed E-state index contributed by atoms with van der Waals surface area (Å²) in [4.78, 5) is 21.8. The minimum Gasteiger partial charge on any atom is -0.298 e. The van der Waals surface area contributed by atoms with Crippen LogP contribution >= 0.6 is 0 Å². The summed E-state index contributed by atoms with van der Waals surface area (Å²) >= 11 is 0. The average molecular weight is 335 g/mol. The van der Waals surface area contributed by atoms with Gasteiger partial charge in [-0.15, -0.1) is 5.10 Å². The summed E-state index contributed by atoms with van der Waals surface area (Å²) in [6.45, 7) is 2.85. The molecule has 1 atom stereocenters. The molecule has 1 aliphatic heterocycles. The van der Waals surface area contributed by atoms with Crippen molar-refractivity contribution in [3.8, 4) is 5.69 Å². The summed E-state index contributed by atoms with van der Waals surface area (Å²) < 4.78 is 1.45. The second-order valence-electron chi connectivity index (χ2n) is 6.50. The number of nitrogens with zero attached hydrogens (tertiary/aromatic N) is 4. The summed E-state index contributed by atoms with van der Waals surface area (Å²) in [7, 11) is 0. The van der Waals surface area contributed by atoms with Gasteiger partial charge in [-0.3, -0.25) is 14.9 Å². The van der Waals surface area contributed by atoms with E-state index in [0.29, 0.717) is 0 Å². The molecule has 1 aliphatic rings. The lowest BCUT2D eigenvalue weighted by Gasteiger charge is -2.31. The number of aromatic nitrogens is 4. The zero-order chi connectivity index (χ0) is 17.1. The Kier molecular flexibility index (Phi) is 4.43. The van der Waals surface area contributed by atoms with Crippen LogP contribution in [0.25, 0.3) is 5.69 Å². The number of hydrogen-bond donors (Lipinski definition) is 1. The molecule has 0 spiro atoms. The Balaban J connectivity index is 1.51. The molecule has 0 aliphatic carbocycles. The number of hydrogen-bond acceptors (Lipinski definition) is 4. The predicted molar refractivity (Wildman–Crippen MR) is 95.7 cm³/mol. The van der Waals surface area contributed by atoms with Crippen LogP contribution in [0.4, 0.5) is 0 Å². The zero-order valence-corrected chi connectivity index (χ0v) is 14.0. The summed E-state index contributed by atoms with van der Waals surface area (Å²) in [6.07, 6.45) is 5.86. The van der Waals surface area contributed by atoms with Crippen molar-refractivity contribution in [2.24, 2.45) is 0 Å². The highest BCUT2D eigenvalue weighted by molar-refractivity contribution is 5.29. The second kappa shape index (κ2) is 7.03. The highest BCUT2D eigenvalue weighted by atomic mass is 16.1. The standard InChI is InChI=1S/C19H21N5O/c25-19-21-18(22-24(19)17-8-2-1-3-9-17)16-7-5-11-23(14-16)13-15-6-4-10-20-12-15/h1-4,6,8-10,12,16H,5,7,11,13-14H2,(H,21,22,25). The molecule has 3 aromatic rings. The van der Waals surface area contributed by atoms with E-state index in [1.165, 1.54) is 10.2 Å². The van der Waals surface area contributed by atoms with Gasteiger partial charge < -0.3 is 0 Å². The van der Waals surface area contributed by atoms with E-state index in [1.807, 2.05) is 42.6 Å². The summed E-state index contributed by atoms with van der Waals surface area (Å²) in [5.41, 5.74) is 1.83. The highest BCUT2D eigenvalue weighted by Crippen LogP contribution is 2.25. The Labute approximate surface area is 146 Å². The predicted octanol–water partition coefficient (Wildman–Crippen LogP) is 2.34. The van der Waals surface area contributed by atoms with Crippen LogP contribution in [0, 0.1) is 0 Å². The number of rotatable bonds is 4. The average Bonchev–Trinajstić information content (AvgIpc) is 3.05. The van der Waals surface area contributed by atoms with Gasteiger partial charge in [-0.2, -0.15) is 4.68 Å². The molecule has 6 nitrogen and oxygen atoms in total. The summed E-state index contributed by atoms with van der Waals surface area (Å²) in [6, 6.07) is 13.6. The molecule has 6 heteroatoms. The molecule has 0 bridgehead atoms. The van der Waals surface area contributed by atoms with E-state index in [0.717, 1.165) is 44.0 Å². The largest absolute Gasteiger partial charge is 0.348 e. The number of likely N-dealkylation sites (tertiary alicyclic amines) is 1. The lowest BCUT2D eigenvalue weighted by molar-refractivity contribution is 0.196. The van der Waals surface area contributed by atoms with E-state index < -0.39 is 0 Å². The van der Waals surface area contributed by atoms with E-state index in [9.17, 15) is 4.79 Å². The Morgan fingerprint density at radius 2 is 2.04 bits per heavy atom. The van der Waals surface area contributed by atoms with Gasteiger partial charge in [0, 0.05) is 31.4 Å². The van der Waals surface area contributed by atoms with Crippen molar-refractivity contribution < 1.29 is 0 Å². The molecule has 0 amide bonds. The lowest BCUT2D eigenvalue weighted by atomic mass is 9.97. The molecule has 1 unspecified atom stereocenters. The second-order valence-corrected chi connectivity index (χ2v) is 6.50. The number of pyridine rings is 1. The van der Waals surface area contributed by atoms with E-state index in [4.69, 9.17) is 0 Å². The third-order valence-electron chi connectivity index (χ3n) is 4.66. The molecular formula is C19H21N5O. The van der Waals surface area contributed by atoms with E-state index in [2.05, 4.69) is 26.0 Å². The lowest BCUT2D eigenvalue weighted by Crippen LogP contribution is -2.34. The third kappa shape index (κ3) is 3.53. The molecular weight excluding hydrogens is 314 g/mol. The first kappa shape index (κ1) is 15.8. The van der Waals surface area contributed by atoms with Crippen molar-refractivity contribution in [2.45, 2.75) is 25.3 Å². The number of H-pyrrole nitrogens is 1. The van der Waals surface area contributed by atoms with Crippen molar-refractivity contribution in [3.05, 3.63) is 76.7 Å². The fourth-order valence-corrected chi connectivity index (χ4v) is 3.44. The first-order valence-corrected chi connectivity index (χ1v) is 8.65. The molecule has 3 heterocycles. The zero-order valence-electron chi connectivity index (χ0n) is 14.0. The van der Waals surface area contributed by atoms with Crippen LogP contribution in [0.1, 0.15) is 30.1 Å². The van der Waals surface area contributed by atoms with Gasteiger partial charge in [-0.25, -0.2) is 4.79 Å². The third-order valence-corrected chi connectivity index (χ3v) is 4.66. The van der Waals surface area contributed by atoms with Gasteiger partial charge in [-0.1, -0.05) is 24.3 Å². The maximum atomic E-state index is 12.3. The SMILES string of the molecule is O=c1[nH]c(C2CCCN(Cc3cccnc3)C2)nn1-c1ccccc1. The molecule has 128 valence electrons. The molecule has 0 saturated carbocycles. The highest BCUT2D eigenvalue weighted by Gasteiger charge is 2.24. The Morgan fingerprint density at radius 3 is 2.84 bits per heavy atom. The van der Waals surface area contributed by atoms with Crippen molar-refractivity contribution >= 4 is 0 Å². The molecule has 25 heavy (non-hydrogen) atoms. The quantitative estimate of drug-likeness (QED) is 0.795. The molecule has 1 fully saturated rings. The fraction of sp³-hybridized carbons (Fsp3) is 0.316. The molecule has 1 aromatic carbocycles.